The summed E-state index contributed by atoms with van der Waals surface area (Å²) >= 11 is 0. The van der Waals surface area contributed by atoms with Crippen LogP contribution in [0.3, 0.4) is 0 Å². The topological polar surface area (TPSA) is 96.0 Å². The summed E-state index contributed by atoms with van der Waals surface area (Å²) in [6, 6.07) is 6.62. The van der Waals surface area contributed by atoms with Crippen molar-refractivity contribution in [2.75, 3.05) is 37.7 Å². The lowest BCUT2D eigenvalue weighted by Gasteiger charge is -2.18. The van der Waals surface area contributed by atoms with Gasteiger partial charge in [0.2, 0.25) is 5.91 Å². The summed E-state index contributed by atoms with van der Waals surface area (Å²) in [5.74, 6) is -1.30. The zero-order valence-corrected chi connectivity index (χ0v) is 15.7. The normalized spacial score (nSPS) is 13.4. The molecule has 1 aliphatic heterocycles. The molecule has 0 unspecified atom stereocenters. The SMILES string of the molecule is CCN(CC)C(=O)COC(=O)CNC(=O)c1ccc(N2CCCC2=O)cc1. The molecule has 0 atom stereocenters. The quantitative estimate of drug-likeness (QED) is 0.683. The summed E-state index contributed by atoms with van der Waals surface area (Å²) < 4.78 is 4.88. The molecule has 1 N–H and O–H groups in total. The van der Waals surface area contributed by atoms with Gasteiger partial charge in [-0.1, -0.05) is 0 Å². The van der Waals surface area contributed by atoms with Crippen molar-refractivity contribution in [2.45, 2.75) is 26.7 Å². The number of carbonyl (C=O) groups excluding carboxylic acids is 4. The van der Waals surface area contributed by atoms with E-state index in [4.69, 9.17) is 4.74 Å². The average molecular weight is 375 g/mol. The zero-order valence-electron chi connectivity index (χ0n) is 15.7. The Hall–Kier alpha value is -2.90. The molecule has 0 radical (unpaired) electrons. The molecule has 1 aromatic rings. The molecular weight excluding hydrogens is 350 g/mol. The molecule has 1 aromatic carbocycles. The number of rotatable bonds is 8. The Labute approximate surface area is 158 Å². The molecule has 8 nitrogen and oxygen atoms in total. The third-order valence-corrected chi connectivity index (χ3v) is 4.38. The fourth-order valence-electron chi connectivity index (χ4n) is 2.83. The Morgan fingerprint density at radius 3 is 2.37 bits per heavy atom. The standard InChI is InChI=1S/C19H25N3O5/c1-3-21(4-2)17(24)13-27-18(25)12-20-19(26)14-7-9-15(10-8-14)22-11-5-6-16(22)23/h7-10H,3-6,11-13H2,1-2H3,(H,20,26). The Morgan fingerprint density at radius 2 is 1.81 bits per heavy atom. The van der Waals surface area contributed by atoms with Gasteiger partial charge in [0, 0.05) is 37.3 Å². The van der Waals surface area contributed by atoms with Crippen LogP contribution >= 0.6 is 0 Å². The van der Waals surface area contributed by atoms with Gasteiger partial charge in [0.15, 0.2) is 6.61 Å². The lowest BCUT2D eigenvalue weighted by Crippen LogP contribution is -2.36. The smallest absolute Gasteiger partial charge is 0.325 e. The van der Waals surface area contributed by atoms with Gasteiger partial charge in [0.1, 0.15) is 6.54 Å². The molecule has 0 saturated carbocycles. The predicted molar refractivity (Wildman–Crippen MR) is 99.2 cm³/mol. The molecule has 8 heteroatoms. The van der Waals surface area contributed by atoms with Crippen LogP contribution in [-0.4, -0.2) is 61.4 Å². The Morgan fingerprint density at radius 1 is 1.15 bits per heavy atom. The van der Waals surface area contributed by atoms with Gasteiger partial charge in [-0.05, 0) is 44.5 Å². The van der Waals surface area contributed by atoms with Crippen LogP contribution in [0.2, 0.25) is 0 Å². The van der Waals surface area contributed by atoms with Gasteiger partial charge in [0.25, 0.3) is 11.8 Å². The number of hydrogen-bond acceptors (Lipinski definition) is 5. The van der Waals surface area contributed by atoms with E-state index < -0.39 is 11.9 Å². The molecule has 0 bridgehead atoms. The van der Waals surface area contributed by atoms with Crippen molar-refractivity contribution in [3.63, 3.8) is 0 Å². The van der Waals surface area contributed by atoms with E-state index in [1.807, 2.05) is 13.8 Å². The van der Waals surface area contributed by atoms with E-state index in [1.165, 1.54) is 0 Å². The van der Waals surface area contributed by atoms with E-state index in [0.29, 0.717) is 31.6 Å². The van der Waals surface area contributed by atoms with Crippen LogP contribution in [0.4, 0.5) is 5.69 Å². The van der Waals surface area contributed by atoms with Crippen LogP contribution in [0.5, 0.6) is 0 Å². The largest absolute Gasteiger partial charge is 0.454 e. The van der Waals surface area contributed by atoms with E-state index in [1.54, 1.807) is 34.1 Å². The van der Waals surface area contributed by atoms with E-state index >= 15 is 0 Å². The number of likely N-dealkylation sites (N-methyl/N-ethyl adjacent to an activating group) is 1. The maximum atomic E-state index is 12.1. The number of hydrogen-bond donors (Lipinski definition) is 1. The van der Waals surface area contributed by atoms with Gasteiger partial charge in [-0.25, -0.2) is 0 Å². The highest BCUT2D eigenvalue weighted by atomic mass is 16.5. The van der Waals surface area contributed by atoms with Crippen LogP contribution < -0.4 is 10.2 Å². The van der Waals surface area contributed by atoms with Crippen LogP contribution in [0.15, 0.2) is 24.3 Å². The molecule has 2 rings (SSSR count). The fourth-order valence-corrected chi connectivity index (χ4v) is 2.83. The number of anilines is 1. The van der Waals surface area contributed by atoms with E-state index in [2.05, 4.69) is 5.32 Å². The molecule has 1 fully saturated rings. The number of carbonyl (C=O) groups is 4. The third-order valence-electron chi connectivity index (χ3n) is 4.38. The lowest BCUT2D eigenvalue weighted by atomic mass is 10.2. The third kappa shape index (κ3) is 5.54. The van der Waals surface area contributed by atoms with Crippen molar-refractivity contribution in [1.29, 1.82) is 0 Å². The second kappa shape index (κ2) is 9.70. The highest BCUT2D eigenvalue weighted by Gasteiger charge is 2.21. The first-order chi connectivity index (χ1) is 13.0. The number of ether oxygens (including phenoxy) is 1. The van der Waals surface area contributed by atoms with E-state index in [-0.39, 0.29) is 25.0 Å². The van der Waals surface area contributed by atoms with Crippen molar-refractivity contribution in [3.05, 3.63) is 29.8 Å². The van der Waals surface area contributed by atoms with Crippen molar-refractivity contribution in [1.82, 2.24) is 10.2 Å². The highest BCUT2D eigenvalue weighted by molar-refractivity contribution is 5.98. The van der Waals surface area contributed by atoms with Crippen molar-refractivity contribution in [2.24, 2.45) is 0 Å². The second-order valence-electron chi connectivity index (χ2n) is 6.11. The number of benzene rings is 1. The minimum Gasteiger partial charge on any atom is -0.454 e. The van der Waals surface area contributed by atoms with E-state index in [9.17, 15) is 19.2 Å². The van der Waals surface area contributed by atoms with Gasteiger partial charge in [0.05, 0.1) is 0 Å². The fraction of sp³-hybridized carbons (Fsp3) is 0.474. The van der Waals surface area contributed by atoms with Gasteiger partial charge < -0.3 is 19.9 Å². The van der Waals surface area contributed by atoms with Gasteiger partial charge in [-0.3, -0.25) is 19.2 Å². The van der Waals surface area contributed by atoms with Crippen molar-refractivity contribution >= 4 is 29.4 Å². The lowest BCUT2D eigenvalue weighted by molar-refractivity contribution is -0.151. The summed E-state index contributed by atoms with van der Waals surface area (Å²) in [5, 5.41) is 2.46. The summed E-state index contributed by atoms with van der Waals surface area (Å²) in [5.41, 5.74) is 1.13. The first-order valence-electron chi connectivity index (χ1n) is 9.08. The van der Waals surface area contributed by atoms with Crippen LogP contribution in [0.25, 0.3) is 0 Å². The average Bonchev–Trinajstić information content (AvgIpc) is 3.11. The molecule has 0 aromatic heterocycles. The number of nitrogens with zero attached hydrogens (tertiary/aromatic N) is 2. The van der Waals surface area contributed by atoms with Gasteiger partial charge in [-0.2, -0.15) is 0 Å². The molecule has 1 heterocycles. The minimum absolute atomic E-state index is 0.0780. The Balaban J connectivity index is 1.79. The molecule has 1 aliphatic rings. The molecule has 3 amide bonds. The monoisotopic (exact) mass is 375 g/mol. The first-order valence-corrected chi connectivity index (χ1v) is 9.08. The molecule has 27 heavy (non-hydrogen) atoms. The summed E-state index contributed by atoms with van der Waals surface area (Å²) in [6.45, 7) is 4.79. The second-order valence-corrected chi connectivity index (χ2v) is 6.11. The maximum Gasteiger partial charge on any atom is 0.325 e. The number of amides is 3. The van der Waals surface area contributed by atoms with Crippen LogP contribution in [0, 0.1) is 0 Å². The molecular formula is C19H25N3O5. The number of esters is 1. The molecule has 0 spiro atoms. The molecule has 1 saturated heterocycles. The first kappa shape index (κ1) is 20.4. The zero-order chi connectivity index (χ0) is 19.8. The van der Waals surface area contributed by atoms with Crippen molar-refractivity contribution in [3.8, 4) is 0 Å². The highest BCUT2D eigenvalue weighted by Crippen LogP contribution is 2.21. The molecule has 0 aliphatic carbocycles. The number of nitrogens with one attached hydrogen (secondary N) is 1. The van der Waals surface area contributed by atoms with Crippen LogP contribution in [0.1, 0.15) is 37.0 Å². The maximum absolute atomic E-state index is 12.1. The van der Waals surface area contributed by atoms with Crippen LogP contribution in [-0.2, 0) is 19.1 Å². The van der Waals surface area contributed by atoms with E-state index in [0.717, 1.165) is 12.1 Å². The predicted octanol–water partition coefficient (Wildman–Crippen LogP) is 0.955. The minimum atomic E-state index is -0.678. The summed E-state index contributed by atoms with van der Waals surface area (Å²) in [6.07, 6.45) is 1.38. The van der Waals surface area contributed by atoms with Crippen molar-refractivity contribution < 1.29 is 23.9 Å². The van der Waals surface area contributed by atoms with Gasteiger partial charge >= 0.3 is 5.97 Å². The summed E-state index contributed by atoms with van der Waals surface area (Å²) in [7, 11) is 0. The summed E-state index contributed by atoms with van der Waals surface area (Å²) in [4.78, 5) is 50.5. The van der Waals surface area contributed by atoms with Gasteiger partial charge in [-0.15, -0.1) is 0 Å². The Kier molecular flexibility index (Phi) is 7.34. The Bertz CT molecular complexity index is 698. The molecule has 146 valence electrons.